The monoisotopic (exact) mass is 250 g/mol. The number of pyridine rings is 1. The third kappa shape index (κ3) is 1.53. The highest BCUT2D eigenvalue weighted by Gasteiger charge is 2.48. The molecule has 3 aromatic rings. The van der Waals surface area contributed by atoms with Crippen LogP contribution in [0.1, 0.15) is 24.2 Å². The Bertz CT molecular complexity index is 741. The van der Waals surface area contributed by atoms with Crippen LogP contribution in [0.5, 0.6) is 0 Å². The van der Waals surface area contributed by atoms with Crippen LogP contribution in [-0.4, -0.2) is 15.0 Å². The number of nitrogens with zero attached hydrogens (tertiary/aromatic N) is 2. The van der Waals surface area contributed by atoms with Crippen LogP contribution < -0.4 is 5.73 Å². The maximum atomic E-state index is 5.70. The summed E-state index contributed by atoms with van der Waals surface area (Å²) in [7, 11) is 0. The number of benzene rings is 1. The Hall–Kier alpha value is -2.36. The van der Waals surface area contributed by atoms with Crippen molar-refractivity contribution in [1.82, 2.24) is 15.0 Å². The molecule has 1 saturated carbocycles. The molecule has 0 radical (unpaired) electrons. The summed E-state index contributed by atoms with van der Waals surface area (Å²) in [6.45, 7) is 0. The summed E-state index contributed by atoms with van der Waals surface area (Å²) in [4.78, 5) is 12.3. The lowest BCUT2D eigenvalue weighted by molar-refractivity contribution is 0.778. The molecule has 3 N–H and O–H groups in total. The molecule has 0 aliphatic heterocycles. The molecule has 4 nitrogen and oxygen atoms in total. The first-order valence-electron chi connectivity index (χ1n) is 6.46. The van der Waals surface area contributed by atoms with Crippen LogP contribution in [0, 0.1) is 0 Å². The number of fused-ring (bicyclic) bond motifs is 1. The van der Waals surface area contributed by atoms with E-state index in [0.29, 0.717) is 11.5 Å². The summed E-state index contributed by atoms with van der Waals surface area (Å²) in [6.07, 6.45) is 2.26. The predicted molar refractivity (Wildman–Crippen MR) is 74.8 cm³/mol. The highest BCUT2D eigenvalue weighted by atomic mass is 15.0. The number of imidazole rings is 1. The van der Waals surface area contributed by atoms with Gasteiger partial charge in [0.15, 0.2) is 5.65 Å². The number of hydrogen-bond donors (Lipinski definition) is 2. The smallest absolute Gasteiger partial charge is 0.179 e. The van der Waals surface area contributed by atoms with E-state index in [1.54, 1.807) is 6.07 Å². The first-order valence-corrected chi connectivity index (χ1v) is 6.46. The molecule has 0 saturated heterocycles. The van der Waals surface area contributed by atoms with E-state index >= 15 is 0 Å². The van der Waals surface area contributed by atoms with Gasteiger partial charge >= 0.3 is 0 Å². The Kier molecular flexibility index (Phi) is 1.98. The molecule has 0 unspecified atom stereocenters. The zero-order chi connectivity index (χ0) is 12.9. The van der Waals surface area contributed by atoms with Crippen molar-refractivity contribution in [3.05, 3.63) is 53.9 Å². The van der Waals surface area contributed by atoms with Crippen molar-refractivity contribution < 1.29 is 0 Å². The van der Waals surface area contributed by atoms with Crippen LogP contribution in [-0.2, 0) is 5.41 Å². The van der Waals surface area contributed by atoms with Crippen LogP contribution in [0.15, 0.2) is 42.5 Å². The average molecular weight is 250 g/mol. The van der Waals surface area contributed by atoms with Gasteiger partial charge in [-0.1, -0.05) is 30.3 Å². The minimum atomic E-state index is 0.0523. The third-order valence-corrected chi connectivity index (χ3v) is 3.90. The van der Waals surface area contributed by atoms with Gasteiger partial charge in [0.25, 0.3) is 0 Å². The summed E-state index contributed by atoms with van der Waals surface area (Å²) in [5.74, 6) is 1.52. The SMILES string of the molecule is Nc1ccc2[nH]c(C3(c4ccccc4)CC3)nc2n1. The number of nitrogens with one attached hydrogen (secondary N) is 1. The Morgan fingerprint density at radius 1 is 1.00 bits per heavy atom. The van der Waals surface area contributed by atoms with Crippen molar-refractivity contribution in [2.75, 3.05) is 5.73 Å². The van der Waals surface area contributed by atoms with Crippen molar-refractivity contribution in [2.24, 2.45) is 0 Å². The third-order valence-electron chi connectivity index (χ3n) is 3.90. The van der Waals surface area contributed by atoms with E-state index in [-0.39, 0.29) is 5.41 Å². The molecule has 0 atom stereocenters. The molecule has 4 heteroatoms. The number of nitrogen functional groups attached to an aromatic ring is 1. The van der Waals surface area contributed by atoms with Gasteiger partial charge < -0.3 is 10.7 Å². The van der Waals surface area contributed by atoms with Crippen molar-refractivity contribution >= 4 is 17.0 Å². The number of rotatable bonds is 2. The quantitative estimate of drug-likeness (QED) is 0.734. The highest BCUT2D eigenvalue weighted by molar-refractivity contribution is 5.73. The molecule has 2 heterocycles. The molecular weight excluding hydrogens is 236 g/mol. The van der Waals surface area contributed by atoms with E-state index in [1.165, 1.54) is 5.56 Å². The summed E-state index contributed by atoms with van der Waals surface area (Å²) in [5.41, 5.74) is 8.73. The van der Waals surface area contributed by atoms with Crippen LogP contribution in [0.3, 0.4) is 0 Å². The Balaban J connectivity index is 1.86. The standard InChI is InChI=1S/C15H14N4/c16-12-7-6-11-13(18-12)19-14(17-11)15(8-9-15)10-4-2-1-3-5-10/h1-7H,8-9H2,(H3,16,17,18,19). The summed E-state index contributed by atoms with van der Waals surface area (Å²) >= 11 is 0. The van der Waals surface area contributed by atoms with E-state index in [0.717, 1.165) is 24.2 Å². The van der Waals surface area contributed by atoms with Crippen molar-refractivity contribution in [3.8, 4) is 0 Å². The molecular formula is C15H14N4. The van der Waals surface area contributed by atoms with Crippen LogP contribution in [0.4, 0.5) is 5.82 Å². The van der Waals surface area contributed by atoms with Crippen LogP contribution >= 0.6 is 0 Å². The number of nitrogens with two attached hydrogens (primary N) is 1. The second-order valence-electron chi connectivity index (χ2n) is 5.14. The molecule has 1 aliphatic carbocycles. The zero-order valence-corrected chi connectivity index (χ0v) is 10.4. The van der Waals surface area contributed by atoms with Gasteiger partial charge in [-0.3, -0.25) is 0 Å². The fraction of sp³-hybridized carbons (Fsp3) is 0.200. The maximum absolute atomic E-state index is 5.70. The maximum Gasteiger partial charge on any atom is 0.179 e. The number of hydrogen-bond acceptors (Lipinski definition) is 3. The van der Waals surface area contributed by atoms with Crippen LogP contribution in [0.2, 0.25) is 0 Å². The van der Waals surface area contributed by atoms with Gasteiger partial charge in [-0.05, 0) is 30.5 Å². The fourth-order valence-corrected chi connectivity index (χ4v) is 2.68. The molecule has 0 amide bonds. The molecule has 19 heavy (non-hydrogen) atoms. The topological polar surface area (TPSA) is 67.6 Å². The largest absolute Gasteiger partial charge is 0.384 e. The molecule has 0 bridgehead atoms. The minimum absolute atomic E-state index is 0.0523. The number of anilines is 1. The second kappa shape index (κ2) is 3.57. The van der Waals surface area contributed by atoms with Crippen molar-refractivity contribution in [2.45, 2.75) is 18.3 Å². The number of H-pyrrole nitrogens is 1. The van der Waals surface area contributed by atoms with Gasteiger partial charge in [0.2, 0.25) is 0 Å². The average Bonchev–Trinajstić information content (AvgIpc) is 3.14. The number of aromatic nitrogens is 3. The lowest BCUT2D eigenvalue weighted by Crippen LogP contribution is -2.10. The molecule has 1 fully saturated rings. The Morgan fingerprint density at radius 3 is 2.53 bits per heavy atom. The van der Waals surface area contributed by atoms with E-state index in [1.807, 2.05) is 12.1 Å². The zero-order valence-electron chi connectivity index (χ0n) is 10.4. The van der Waals surface area contributed by atoms with Gasteiger partial charge in [0, 0.05) is 0 Å². The lowest BCUT2D eigenvalue weighted by atomic mass is 9.95. The molecule has 0 spiro atoms. The molecule has 1 aromatic carbocycles. The van der Waals surface area contributed by atoms with Gasteiger partial charge in [-0.2, -0.15) is 0 Å². The van der Waals surface area contributed by atoms with Crippen molar-refractivity contribution in [1.29, 1.82) is 0 Å². The molecule has 2 aromatic heterocycles. The summed E-state index contributed by atoms with van der Waals surface area (Å²) in [6, 6.07) is 14.3. The molecule has 94 valence electrons. The summed E-state index contributed by atoms with van der Waals surface area (Å²) < 4.78 is 0. The Labute approximate surface area is 110 Å². The predicted octanol–water partition coefficient (Wildman–Crippen LogP) is 2.62. The van der Waals surface area contributed by atoms with E-state index in [9.17, 15) is 0 Å². The Morgan fingerprint density at radius 2 is 1.79 bits per heavy atom. The number of aromatic amines is 1. The van der Waals surface area contributed by atoms with Gasteiger partial charge in [0.1, 0.15) is 11.6 Å². The first-order chi connectivity index (χ1) is 9.28. The van der Waals surface area contributed by atoms with Gasteiger partial charge in [-0.15, -0.1) is 0 Å². The van der Waals surface area contributed by atoms with Gasteiger partial charge in [0.05, 0.1) is 10.9 Å². The normalized spacial score (nSPS) is 16.6. The van der Waals surface area contributed by atoms with E-state index < -0.39 is 0 Å². The molecule has 1 aliphatic rings. The van der Waals surface area contributed by atoms with E-state index in [2.05, 4.69) is 39.2 Å². The minimum Gasteiger partial charge on any atom is -0.384 e. The second-order valence-corrected chi connectivity index (χ2v) is 5.14. The van der Waals surface area contributed by atoms with Crippen LogP contribution in [0.25, 0.3) is 11.2 Å². The molecule has 4 rings (SSSR count). The first kappa shape index (κ1) is 10.6. The highest BCUT2D eigenvalue weighted by Crippen LogP contribution is 2.52. The van der Waals surface area contributed by atoms with Crippen molar-refractivity contribution in [3.63, 3.8) is 0 Å². The van der Waals surface area contributed by atoms with Gasteiger partial charge in [-0.25, -0.2) is 9.97 Å². The fourth-order valence-electron chi connectivity index (χ4n) is 2.68. The lowest BCUT2D eigenvalue weighted by Gasteiger charge is -2.12. The summed E-state index contributed by atoms with van der Waals surface area (Å²) in [5, 5.41) is 0. The van der Waals surface area contributed by atoms with E-state index in [4.69, 9.17) is 5.73 Å².